The highest BCUT2D eigenvalue weighted by atomic mass is 79.9. The summed E-state index contributed by atoms with van der Waals surface area (Å²) in [6.45, 7) is 0. The molecule has 0 atom stereocenters. The number of hydrogen-bond donors (Lipinski definition) is 3. The lowest BCUT2D eigenvalue weighted by Crippen LogP contribution is -2.12. The summed E-state index contributed by atoms with van der Waals surface area (Å²) in [5.74, 6) is 3.44. The Balaban J connectivity index is 2.41. The zero-order valence-corrected chi connectivity index (χ0v) is 12.0. The fourth-order valence-electron chi connectivity index (χ4n) is 1.56. The monoisotopic (exact) mass is 344 g/mol. The van der Waals surface area contributed by atoms with Crippen LogP contribution in [0.4, 0.5) is 26.1 Å². The molecule has 0 bridgehead atoms. The summed E-state index contributed by atoms with van der Waals surface area (Å²) in [5.41, 5.74) is 2.53. The number of rotatable bonds is 4. The third-order valence-corrected chi connectivity index (χ3v) is 2.97. The number of methoxy groups -OCH3 is 1. The van der Waals surface area contributed by atoms with Crippen molar-refractivity contribution in [2.45, 2.75) is 0 Å². The van der Waals surface area contributed by atoms with Crippen LogP contribution in [0.1, 0.15) is 0 Å². The van der Waals surface area contributed by atoms with E-state index in [0.717, 1.165) is 4.47 Å². The van der Waals surface area contributed by atoms with E-state index in [9.17, 15) is 8.78 Å². The van der Waals surface area contributed by atoms with Gasteiger partial charge in [0.05, 0.1) is 12.8 Å². The molecule has 0 saturated carbocycles. The average molecular weight is 345 g/mol. The Morgan fingerprint density at radius 3 is 2.55 bits per heavy atom. The summed E-state index contributed by atoms with van der Waals surface area (Å²) in [7, 11) is 1.48. The normalized spacial score (nSPS) is 10.2. The lowest BCUT2D eigenvalue weighted by Gasteiger charge is -2.12. The molecule has 2 aromatic rings. The molecule has 1 aromatic heterocycles. The molecular weight excluding hydrogens is 334 g/mol. The van der Waals surface area contributed by atoms with E-state index >= 15 is 0 Å². The fraction of sp³-hybridized carbons (Fsp3) is 0.0833. The number of aromatic nitrogens is 1. The Labute approximate surface area is 122 Å². The van der Waals surface area contributed by atoms with Crippen molar-refractivity contribution >= 4 is 33.3 Å². The summed E-state index contributed by atoms with van der Waals surface area (Å²) in [4.78, 5) is 3.72. The zero-order chi connectivity index (χ0) is 14.7. The molecule has 8 heteroatoms. The van der Waals surface area contributed by atoms with Gasteiger partial charge in [0.25, 0.3) is 0 Å². The largest absolute Gasteiger partial charge is 0.495 e. The van der Waals surface area contributed by atoms with Crippen LogP contribution in [0.15, 0.2) is 28.7 Å². The summed E-state index contributed by atoms with van der Waals surface area (Å²) >= 11 is 3.30. The number of nitrogen functional groups attached to an aromatic ring is 1. The minimum atomic E-state index is -0.878. The first-order valence-corrected chi connectivity index (χ1v) is 6.27. The van der Waals surface area contributed by atoms with E-state index in [2.05, 4.69) is 31.7 Å². The van der Waals surface area contributed by atoms with Gasteiger partial charge in [-0.3, -0.25) is 0 Å². The number of anilines is 3. The molecule has 5 nitrogen and oxygen atoms in total. The lowest BCUT2D eigenvalue weighted by molar-refractivity contribution is 0.416. The number of ether oxygens (including phenoxy) is 1. The van der Waals surface area contributed by atoms with Crippen LogP contribution in [-0.2, 0) is 0 Å². The highest BCUT2D eigenvalue weighted by molar-refractivity contribution is 9.10. The smallest absolute Gasteiger partial charge is 0.178 e. The highest BCUT2D eigenvalue weighted by Gasteiger charge is 2.13. The van der Waals surface area contributed by atoms with Crippen LogP contribution in [0.25, 0.3) is 0 Å². The van der Waals surface area contributed by atoms with Gasteiger partial charge in [-0.15, -0.1) is 0 Å². The minimum Gasteiger partial charge on any atom is -0.495 e. The topological polar surface area (TPSA) is 72.2 Å². The molecule has 0 spiro atoms. The predicted molar refractivity (Wildman–Crippen MR) is 75.9 cm³/mol. The molecule has 1 heterocycles. The van der Waals surface area contributed by atoms with E-state index < -0.39 is 11.6 Å². The van der Waals surface area contributed by atoms with E-state index in [1.807, 2.05) is 0 Å². The van der Waals surface area contributed by atoms with Gasteiger partial charge < -0.3 is 15.5 Å². The molecule has 1 aromatic carbocycles. The van der Waals surface area contributed by atoms with Gasteiger partial charge in [-0.2, -0.15) is 0 Å². The molecule has 106 valence electrons. The number of pyridine rings is 1. The van der Waals surface area contributed by atoms with Crippen LogP contribution in [-0.4, -0.2) is 12.1 Å². The van der Waals surface area contributed by atoms with Crippen molar-refractivity contribution in [3.05, 3.63) is 40.4 Å². The number of halogens is 3. The Morgan fingerprint density at radius 2 is 1.90 bits per heavy atom. The second-order valence-electron chi connectivity index (χ2n) is 3.76. The van der Waals surface area contributed by atoms with Crippen molar-refractivity contribution in [1.29, 1.82) is 0 Å². The molecule has 0 fully saturated rings. The van der Waals surface area contributed by atoms with Crippen LogP contribution < -0.4 is 21.3 Å². The molecule has 0 unspecified atom stereocenters. The second-order valence-corrected chi connectivity index (χ2v) is 4.68. The fourth-order valence-corrected chi connectivity index (χ4v) is 1.92. The summed E-state index contributed by atoms with van der Waals surface area (Å²) in [5, 5.41) is 2.73. The van der Waals surface area contributed by atoms with E-state index in [0.29, 0.717) is 17.5 Å². The first-order valence-electron chi connectivity index (χ1n) is 5.48. The number of hydrazine groups is 1. The summed E-state index contributed by atoms with van der Waals surface area (Å²) in [6, 6.07) is 5.83. The quantitative estimate of drug-likeness (QED) is 0.587. The maximum Gasteiger partial charge on any atom is 0.178 e. The first-order chi connectivity index (χ1) is 9.55. The number of nitrogens with two attached hydrogens (primary N) is 1. The maximum absolute atomic E-state index is 13.7. The Hall–Kier alpha value is -1.93. The van der Waals surface area contributed by atoms with Gasteiger partial charge >= 0.3 is 0 Å². The molecule has 0 aliphatic carbocycles. The average Bonchev–Trinajstić information content (AvgIpc) is 2.42. The highest BCUT2D eigenvalue weighted by Crippen LogP contribution is 2.31. The van der Waals surface area contributed by atoms with Crippen molar-refractivity contribution in [3.8, 4) is 5.75 Å². The third-order valence-electron chi connectivity index (χ3n) is 2.48. The van der Waals surface area contributed by atoms with Crippen LogP contribution in [0, 0.1) is 11.6 Å². The molecule has 2 rings (SSSR count). The minimum absolute atomic E-state index is 0.171. The van der Waals surface area contributed by atoms with Gasteiger partial charge in [-0.1, -0.05) is 15.9 Å². The predicted octanol–water partition coefficient (Wildman–Crippen LogP) is 3.16. The van der Waals surface area contributed by atoms with Crippen molar-refractivity contribution in [2.75, 3.05) is 17.9 Å². The van der Waals surface area contributed by atoms with E-state index in [1.165, 1.54) is 7.11 Å². The van der Waals surface area contributed by atoms with Gasteiger partial charge in [0, 0.05) is 10.5 Å². The van der Waals surface area contributed by atoms with Crippen LogP contribution in [0.5, 0.6) is 5.75 Å². The van der Waals surface area contributed by atoms with Crippen LogP contribution >= 0.6 is 15.9 Å². The second kappa shape index (κ2) is 6.02. The molecule has 0 radical (unpaired) electrons. The van der Waals surface area contributed by atoms with Crippen molar-refractivity contribution in [2.24, 2.45) is 5.84 Å². The number of benzene rings is 1. The molecule has 0 amide bonds. The Bertz CT molecular complexity index is 639. The standard InChI is InChI=1S/C12H11BrF2N4O/c1-20-10-3-2-6(13)4-9(10)17-11-7(14)5-8(15)12(18-11)19-16/h2-5H,16H2,1H3,(H2,17,18,19). The molecule has 0 aliphatic rings. The van der Waals surface area contributed by atoms with E-state index in [4.69, 9.17) is 10.6 Å². The molecule has 4 N–H and O–H groups in total. The molecule has 20 heavy (non-hydrogen) atoms. The SMILES string of the molecule is COc1ccc(Br)cc1Nc1nc(NN)c(F)cc1F. The van der Waals surface area contributed by atoms with Crippen LogP contribution in [0.3, 0.4) is 0 Å². The van der Waals surface area contributed by atoms with Gasteiger partial charge in [-0.25, -0.2) is 19.6 Å². The van der Waals surface area contributed by atoms with E-state index in [1.54, 1.807) is 18.2 Å². The van der Waals surface area contributed by atoms with Gasteiger partial charge in [0.2, 0.25) is 0 Å². The zero-order valence-electron chi connectivity index (χ0n) is 10.4. The maximum atomic E-state index is 13.7. The van der Waals surface area contributed by atoms with Crippen LogP contribution in [0.2, 0.25) is 0 Å². The van der Waals surface area contributed by atoms with Gasteiger partial charge in [-0.05, 0) is 18.2 Å². The molecule has 0 aliphatic heterocycles. The lowest BCUT2D eigenvalue weighted by atomic mass is 10.3. The number of nitrogens with one attached hydrogen (secondary N) is 2. The van der Waals surface area contributed by atoms with Gasteiger partial charge in [0.15, 0.2) is 23.3 Å². The Kier molecular flexibility index (Phi) is 4.35. The molecule has 0 saturated heterocycles. The van der Waals surface area contributed by atoms with Crippen molar-refractivity contribution in [3.63, 3.8) is 0 Å². The number of hydrogen-bond acceptors (Lipinski definition) is 5. The third kappa shape index (κ3) is 2.97. The Morgan fingerprint density at radius 1 is 1.20 bits per heavy atom. The van der Waals surface area contributed by atoms with Crippen molar-refractivity contribution in [1.82, 2.24) is 4.98 Å². The van der Waals surface area contributed by atoms with Crippen molar-refractivity contribution < 1.29 is 13.5 Å². The summed E-state index contributed by atoms with van der Waals surface area (Å²) < 4.78 is 32.9. The molecular formula is C12H11BrF2N4O. The summed E-state index contributed by atoms with van der Waals surface area (Å²) in [6.07, 6.45) is 0. The van der Waals surface area contributed by atoms with E-state index in [-0.39, 0.29) is 11.6 Å². The number of nitrogens with zero attached hydrogens (tertiary/aromatic N) is 1. The van der Waals surface area contributed by atoms with Gasteiger partial charge in [0.1, 0.15) is 5.75 Å². The first kappa shape index (κ1) is 14.5.